The fourth-order valence-corrected chi connectivity index (χ4v) is 4.49. The number of nitrogens with one attached hydrogen (secondary N) is 1. The van der Waals surface area contributed by atoms with Crippen LogP contribution in [0, 0.1) is 10.1 Å². The molecule has 0 saturated carbocycles. The standard InChI is InChI=1S/C20H16N2O3Se/c23-20(21-16-10-12-17(13-11-16)22(24)25)18-8-4-5-9-19(18)26-14-15-6-2-1-3-7-15/h1-13H,14H2,(H,21,23). The van der Waals surface area contributed by atoms with E-state index in [4.69, 9.17) is 0 Å². The van der Waals surface area contributed by atoms with Gasteiger partial charge in [0.05, 0.1) is 0 Å². The first-order valence-electron chi connectivity index (χ1n) is 7.95. The van der Waals surface area contributed by atoms with E-state index in [0.717, 1.165) is 9.78 Å². The van der Waals surface area contributed by atoms with Gasteiger partial charge in [-0.25, -0.2) is 0 Å². The molecule has 0 aliphatic heterocycles. The van der Waals surface area contributed by atoms with E-state index in [9.17, 15) is 14.9 Å². The molecule has 0 bridgehead atoms. The van der Waals surface area contributed by atoms with Crippen LogP contribution in [0.15, 0.2) is 78.9 Å². The van der Waals surface area contributed by atoms with Gasteiger partial charge in [0.25, 0.3) is 0 Å². The van der Waals surface area contributed by atoms with Crippen LogP contribution in [0.3, 0.4) is 0 Å². The number of benzene rings is 3. The van der Waals surface area contributed by atoms with Crippen molar-refractivity contribution in [3.05, 3.63) is 100 Å². The monoisotopic (exact) mass is 412 g/mol. The third kappa shape index (κ3) is 4.57. The summed E-state index contributed by atoms with van der Waals surface area (Å²) in [7, 11) is 0. The molecule has 3 rings (SSSR count). The molecule has 1 amide bonds. The predicted molar refractivity (Wildman–Crippen MR) is 103 cm³/mol. The number of hydrogen-bond donors (Lipinski definition) is 1. The minimum absolute atomic E-state index is 0.00501. The second-order valence-corrected chi connectivity index (χ2v) is 7.66. The van der Waals surface area contributed by atoms with Gasteiger partial charge in [-0.2, -0.15) is 0 Å². The van der Waals surface area contributed by atoms with Crippen LogP contribution in [0.1, 0.15) is 15.9 Å². The van der Waals surface area contributed by atoms with E-state index >= 15 is 0 Å². The Labute approximate surface area is 157 Å². The second kappa shape index (κ2) is 8.43. The molecule has 0 aliphatic rings. The molecule has 0 radical (unpaired) electrons. The van der Waals surface area contributed by atoms with Gasteiger partial charge in [0, 0.05) is 0 Å². The van der Waals surface area contributed by atoms with Gasteiger partial charge in [-0.05, 0) is 0 Å². The third-order valence-electron chi connectivity index (χ3n) is 3.70. The van der Waals surface area contributed by atoms with Crippen LogP contribution in [0.25, 0.3) is 0 Å². The van der Waals surface area contributed by atoms with Gasteiger partial charge < -0.3 is 0 Å². The van der Waals surface area contributed by atoms with Crippen molar-refractivity contribution in [2.45, 2.75) is 5.32 Å². The average molecular weight is 411 g/mol. The Morgan fingerprint density at radius 1 is 0.923 bits per heavy atom. The van der Waals surface area contributed by atoms with E-state index < -0.39 is 4.92 Å². The number of nitro groups is 1. The number of anilines is 1. The molecule has 3 aromatic rings. The summed E-state index contributed by atoms with van der Waals surface area (Å²) in [4.78, 5) is 22.9. The average Bonchev–Trinajstić information content (AvgIpc) is 2.68. The van der Waals surface area contributed by atoms with E-state index in [1.807, 2.05) is 42.5 Å². The van der Waals surface area contributed by atoms with E-state index in [2.05, 4.69) is 17.4 Å². The number of amides is 1. The topological polar surface area (TPSA) is 72.2 Å². The van der Waals surface area contributed by atoms with Crippen LogP contribution >= 0.6 is 0 Å². The number of hydrogen-bond acceptors (Lipinski definition) is 3. The summed E-state index contributed by atoms with van der Waals surface area (Å²) < 4.78 is 1.03. The van der Waals surface area contributed by atoms with Crippen molar-refractivity contribution >= 4 is 36.7 Å². The molecule has 6 heteroatoms. The molecule has 3 aromatic carbocycles. The van der Waals surface area contributed by atoms with Gasteiger partial charge >= 0.3 is 157 Å². The van der Waals surface area contributed by atoms with Gasteiger partial charge in [0.2, 0.25) is 0 Å². The molecule has 26 heavy (non-hydrogen) atoms. The molecule has 0 aromatic heterocycles. The molecule has 0 heterocycles. The molecular weight excluding hydrogens is 395 g/mol. The summed E-state index contributed by atoms with van der Waals surface area (Å²) >= 11 is 0.130. The zero-order valence-corrected chi connectivity index (χ0v) is 15.5. The minimum atomic E-state index is -0.465. The number of carbonyl (C=O) groups is 1. The predicted octanol–water partition coefficient (Wildman–Crippen LogP) is 3.38. The van der Waals surface area contributed by atoms with E-state index in [-0.39, 0.29) is 26.6 Å². The van der Waals surface area contributed by atoms with Crippen LogP contribution in [-0.4, -0.2) is 25.8 Å². The second-order valence-electron chi connectivity index (χ2n) is 5.53. The summed E-state index contributed by atoms with van der Waals surface area (Å²) in [6, 6.07) is 23.6. The molecular formula is C20H16N2O3Se. The van der Waals surface area contributed by atoms with Crippen LogP contribution in [0.4, 0.5) is 11.4 Å². The van der Waals surface area contributed by atoms with Crippen LogP contribution in [0.5, 0.6) is 0 Å². The summed E-state index contributed by atoms with van der Waals surface area (Å²) in [5.74, 6) is -0.204. The Bertz CT molecular complexity index is 912. The van der Waals surface area contributed by atoms with Gasteiger partial charge in [-0.15, -0.1) is 0 Å². The Morgan fingerprint density at radius 2 is 1.58 bits per heavy atom. The zero-order valence-electron chi connectivity index (χ0n) is 13.8. The van der Waals surface area contributed by atoms with Crippen molar-refractivity contribution in [2.75, 3.05) is 5.32 Å². The molecule has 0 unspecified atom stereocenters. The maximum atomic E-state index is 12.6. The van der Waals surface area contributed by atoms with Crippen LogP contribution in [-0.2, 0) is 5.32 Å². The van der Waals surface area contributed by atoms with E-state index in [1.165, 1.54) is 29.8 Å². The van der Waals surface area contributed by atoms with Crippen molar-refractivity contribution in [2.24, 2.45) is 0 Å². The first-order chi connectivity index (χ1) is 12.6. The molecule has 0 aliphatic carbocycles. The normalized spacial score (nSPS) is 10.3. The zero-order chi connectivity index (χ0) is 18.4. The number of rotatable bonds is 6. The van der Waals surface area contributed by atoms with Crippen LogP contribution in [0.2, 0.25) is 0 Å². The molecule has 0 fully saturated rings. The van der Waals surface area contributed by atoms with Gasteiger partial charge in [-0.1, -0.05) is 0 Å². The van der Waals surface area contributed by atoms with Crippen molar-refractivity contribution in [3.63, 3.8) is 0 Å². The quantitative estimate of drug-likeness (QED) is 0.384. The molecule has 0 spiro atoms. The molecule has 0 saturated heterocycles. The Morgan fingerprint density at radius 3 is 2.27 bits per heavy atom. The SMILES string of the molecule is O=C(Nc1ccc([N+](=O)[O-])cc1)c1ccccc1[Se]Cc1ccccc1. The molecule has 1 N–H and O–H groups in total. The Hall–Kier alpha value is -2.95. The molecule has 130 valence electrons. The third-order valence-corrected chi connectivity index (χ3v) is 6.11. The summed E-state index contributed by atoms with van der Waals surface area (Å²) in [6.45, 7) is 0. The van der Waals surface area contributed by atoms with Crippen molar-refractivity contribution in [1.82, 2.24) is 0 Å². The first kappa shape index (κ1) is 17.9. The summed E-state index contributed by atoms with van der Waals surface area (Å²) in [6.07, 6.45) is 0. The Balaban J connectivity index is 1.72. The molecule has 0 atom stereocenters. The Kier molecular flexibility index (Phi) is 5.79. The summed E-state index contributed by atoms with van der Waals surface area (Å²) in [5, 5.41) is 14.4. The molecule has 5 nitrogen and oxygen atoms in total. The maximum absolute atomic E-state index is 12.6. The van der Waals surface area contributed by atoms with Crippen LogP contribution < -0.4 is 9.78 Å². The van der Waals surface area contributed by atoms with E-state index in [0.29, 0.717) is 11.3 Å². The number of nitro benzene ring substituents is 1. The first-order valence-corrected chi connectivity index (χ1v) is 10.0. The van der Waals surface area contributed by atoms with Gasteiger partial charge in [0.15, 0.2) is 0 Å². The van der Waals surface area contributed by atoms with Crippen molar-refractivity contribution in [3.8, 4) is 0 Å². The summed E-state index contributed by atoms with van der Waals surface area (Å²) in [5.41, 5.74) is 2.42. The van der Waals surface area contributed by atoms with Gasteiger partial charge in [-0.3, -0.25) is 0 Å². The van der Waals surface area contributed by atoms with Crippen molar-refractivity contribution in [1.29, 1.82) is 0 Å². The van der Waals surface area contributed by atoms with Gasteiger partial charge in [0.1, 0.15) is 0 Å². The van der Waals surface area contributed by atoms with Crippen molar-refractivity contribution < 1.29 is 9.72 Å². The number of nitrogens with zero attached hydrogens (tertiary/aromatic N) is 1. The number of carbonyl (C=O) groups excluding carboxylic acids is 1. The number of non-ortho nitro benzene ring substituents is 1. The van der Waals surface area contributed by atoms with E-state index in [1.54, 1.807) is 0 Å². The fraction of sp³-hybridized carbons (Fsp3) is 0.0500. The fourth-order valence-electron chi connectivity index (χ4n) is 2.38.